The first-order valence-corrected chi connectivity index (χ1v) is 8.83. The van der Waals surface area contributed by atoms with Crippen LogP contribution in [0.4, 0.5) is 0 Å². The lowest BCUT2D eigenvalue weighted by Crippen LogP contribution is -2.53. The standard InChI is InChI=1S/C17H29NO3/c19-16-7-2-1-5-14(16)15-6-3-4-10-18(15)17(20)13-8-11-21-12-9-13/h13-16,19H,1-12H2. The Kier molecular flexibility index (Phi) is 5.17. The van der Waals surface area contributed by atoms with Crippen LogP contribution in [0.25, 0.3) is 0 Å². The summed E-state index contributed by atoms with van der Waals surface area (Å²) in [6.45, 7) is 2.34. The predicted octanol–water partition coefficient (Wildman–Crippen LogP) is 2.35. The van der Waals surface area contributed by atoms with Crippen molar-refractivity contribution in [2.75, 3.05) is 19.8 Å². The highest BCUT2D eigenvalue weighted by Crippen LogP contribution is 2.35. The summed E-state index contributed by atoms with van der Waals surface area (Å²) in [5.41, 5.74) is 0. The van der Waals surface area contributed by atoms with E-state index in [4.69, 9.17) is 4.74 Å². The molecule has 2 heterocycles. The molecule has 0 radical (unpaired) electrons. The average molecular weight is 295 g/mol. The number of aliphatic hydroxyl groups is 1. The van der Waals surface area contributed by atoms with Crippen LogP contribution >= 0.6 is 0 Å². The summed E-state index contributed by atoms with van der Waals surface area (Å²) >= 11 is 0. The van der Waals surface area contributed by atoms with Gasteiger partial charge in [0.15, 0.2) is 0 Å². The number of nitrogens with zero attached hydrogens (tertiary/aromatic N) is 1. The topological polar surface area (TPSA) is 49.8 Å². The molecule has 0 aromatic rings. The SMILES string of the molecule is O=C(C1CCOCC1)N1CCCCC1C1CCCCC1O. The Morgan fingerprint density at radius 2 is 1.67 bits per heavy atom. The molecule has 1 saturated carbocycles. The van der Waals surface area contributed by atoms with Crippen molar-refractivity contribution < 1.29 is 14.6 Å². The molecule has 3 rings (SSSR count). The number of ether oxygens (including phenoxy) is 1. The van der Waals surface area contributed by atoms with Crippen molar-refractivity contribution in [3.63, 3.8) is 0 Å². The van der Waals surface area contributed by atoms with Gasteiger partial charge in [-0.15, -0.1) is 0 Å². The van der Waals surface area contributed by atoms with Crippen LogP contribution in [0.15, 0.2) is 0 Å². The number of rotatable bonds is 2. The zero-order valence-corrected chi connectivity index (χ0v) is 13.0. The smallest absolute Gasteiger partial charge is 0.226 e. The first kappa shape index (κ1) is 15.3. The largest absolute Gasteiger partial charge is 0.393 e. The minimum absolute atomic E-state index is 0.153. The lowest BCUT2D eigenvalue weighted by molar-refractivity contribution is -0.145. The number of carbonyl (C=O) groups excluding carboxylic acids is 1. The third-order valence-corrected chi connectivity index (χ3v) is 5.68. The second-order valence-corrected chi connectivity index (χ2v) is 7.00. The molecule has 21 heavy (non-hydrogen) atoms. The first-order chi connectivity index (χ1) is 10.3. The zero-order chi connectivity index (χ0) is 14.7. The van der Waals surface area contributed by atoms with E-state index in [0.29, 0.717) is 11.8 Å². The average Bonchev–Trinajstić information content (AvgIpc) is 2.55. The van der Waals surface area contributed by atoms with Gasteiger partial charge in [-0.3, -0.25) is 4.79 Å². The van der Waals surface area contributed by atoms with Crippen molar-refractivity contribution in [1.29, 1.82) is 0 Å². The summed E-state index contributed by atoms with van der Waals surface area (Å²) in [6.07, 6.45) is 9.28. The van der Waals surface area contributed by atoms with Crippen molar-refractivity contribution in [3.8, 4) is 0 Å². The molecule has 3 unspecified atom stereocenters. The predicted molar refractivity (Wildman–Crippen MR) is 80.9 cm³/mol. The van der Waals surface area contributed by atoms with Crippen LogP contribution < -0.4 is 0 Å². The summed E-state index contributed by atoms with van der Waals surface area (Å²) in [7, 11) is 0. The highest BCUT2D eigenvalue weighted by atomic mass is 16.5. The quantitative estimate of drug-likeness (QED) is 0.850. The highest BCUT2D eigenvalue weighted by Gasteiger charge is 2.39. The molecule has 2 aliphatic heterocycles. The fourth-order valence-corrected chi connectivity index (χ4v) is 4.44. The van der Waals surface area contributed by atoms with Gasteiger partial charge in [0.25, 0.3) is 0 Å². The van der Waals surface area contributed by atoms with Gasteiger partial charge < -0.3 is 14.7 Å². The Morgan fingerprint density at radius 3 is 2.43 bits per heavy atom. The van der Waals surface area contributed by atoms with Gasteiger partial charge in [0.05, 0.1) is 6.10 Å². The van der Waals surface area contributed by atoms with Crippen LogP contribution in [0.5, 0.6) is 0 Å². The third kappa shape index (κ3) is 3.42. The van der Waals surface area contributed by atoms with Crippen LogP contribution in [0.3, 0.4) is 0 Å². The van der Waals surface area contributed by atoms with Crippen molar-refractivity contribution in [2.45, 2.75) is 69.9 Å². The fraction of sp³-hybridized carbons (Fsp3) is 0.941. The van der Waals surface area contributed by atoms with Crippen molar-refractivity contribution >= 4 is 5.91 Å². The maximum Gasteiger partial charge on any atom is 0.226 e. The Balaban J connectivity index is 1.69. The van der Waals surface area contributed by atoms with Crippen molar-refractivity contribution in [2.24, 2.45) is 11.8 Å². The van der Waals surface area contributed by atoms with E-state index < -0.39 is 0 Å². The molecule has 120 valence electrons. The lowest BCUT2D eigenvalue weighted by atomic mass is 9.77. The maximum atomic E-state index is 12.9. The van der Waals surface area contributed by atoms with E-state index in [0.717, 1.165) is 64.7 Å². The number of aliphatic hydroxyl groups excluding tert-OH is 1. The number of carbonyl (C=O) groups is 1. The molecule has 3 aliphatic rings. The molecular weight excluding hydrogens is 266 g/mol. The summed E-state index contributed by atoms with van der Waals surface area (Å²) in [5.74, 6) is 0.795. The summed E-state index contributed by atoms with van der Waals surface area (Å²) in [6, 6.07) is 0.282. The van der Waals surface area contributed by atoms with E-state index in [1.165, 1.54) is 12.8 Å². The van der Waals surface area contributed by atoms with Gasteiger partial charge in [0, 0.05) is 37.6 Å². The molecule has 3 atom stereocenters. The number of hydrogen-bond donors (Lipinski definition) is 1. The minimum Gasteiger partial charge on any atom is -0.393 e. The van der Waals surface area contributed by atoms with E-state index in [1.807, 2.05) is 0 Å². The molecule has 1 aliphatic carbocycles. The molecule has 0 aromatic heterocycles. The van der Waals surface area contributed by atoms with Gasteiger partial charge in [0.2, 0.25) is 5.91 Å². The molecule has 1 N–H and O–H groups in total. The van der Waals surface area contributed by atoms with Crippen LogP contribution in [0.2, 0.25) is 0 Å². The maximum absolute atomic E-state index is 12.9. The van der Waals surface area contributed by atoms with Crippen molar-refractivity contribution in [1.82, 2.24) is 4.90 Å². The van der Waals surface area contributed by atoms with Crippen LogP contribution in [-0.4, -0.2) is 47.8 Å². The van der Waals surface area contributed by atoms with Gasteiger partial charge in [-0.2, -0.15) is 0 Å². The number of piperidine rings is 1. The number of likely N-dealkylation sites (tertiary alicyclic amines) is 1. The summed E-state index contributed by atoms with van der Waals surface area (Å²) < 4.78 is 5.39. The second-order valence-electron chi connectivity index (χ2n) is 7.00. The van der Waals surface area contributed by atoms with Crippen LogP contribution in [0, 0.1) is 11.8 Å². The molecule has 0 bridgehead atoms. The summed E-state index contributed by atoms with van der Waals surface area (Å²) in [4.78, 5) is 15.0. The zero-order valence-electron chi connectivity index (χ0n) is 13.0. The highest BCUT2D eigenvalue weighted by molar-refractivity contribution is 5.79. The second kappa shape index (κ2) is 7.10. The van der Waals surface area contributed by atoms with Gasteiger partial charge >= 0.3 is 0 Å². The van der Waals surface area contributed by atoms with E-state index >= 15 is 0 Å². The normalized spacial score (nSPS) is 35.7. The fourth-order valence-electron chi connectivity index (χ4n) is 4.44. The monoisotopic (exact) mass is 295 g/mol. The summed E-state index contributed by atoms with van der Waals surface area (Å²) in [5, 5.41) is 10.4. The van der Waals surface area contributed by atoms with Crippen LogP contribution in [0.1, 0.15) is 57.8 Å². The Bertz CT molecular complexity index is 354. The van der Waals surface area contributed by atoms with Gasteiger partial charge in [0.1, 0.15) is 0 Å². The Labute approximate surface area is 127 Å². The third-order valence-electron chi connectivity index (χ3n) is 5.68. The molecule has 0 aromatic carbocycles. The van der Waals surface area contributed by atoms with Gasteiger partial charge in [-0.25, -0.2) is 0 Å². The van der Waals surface area contributed by atoms with E-state index in [9.17, 15) is 9.90 Å². The van der Waals surface area contributed by atoms with Crippen molar-refractivity contribution in [3.05, 3.63) is 0 Å². The molecule has 4 heteroatoms. The van der Waals surface area contributed by atoms with Crippen LogP contribution in [-0.2, 0) is 9.53 Å². The number of hydrogen-bond acceptors (Lipinski definition) is 3. The van der Waals surface area contributed by atoms with E-state index in [1.54, 1.807) is 0 Å². The van der Waals surface area contributed by atoms with Gasteiger partial charge in [-0.1, -0.05) is 12.8 Å². The molecular formula is C17H29NO3. The number of amides is 1. The molecule has 2 saturated heterocycles. The molecule has 0 spiro atoms. The molecule has 3 fully saturated rings. The Hall–Kier alpha value is -0.610. The Morgan fingerprint density at radius 1 is 0.952 bits per heavy atom. The molecule has 4 nitrogen and oxygen atoms in total. The van der Waals surface area contributed by atoms with E-state index in [-0.39, 0.29) is 18.1 Å². The first-order valence-electron chi connectivity index (χ1n) is 8.83. The molecule has 1 amide bonds. The lowest BCUT2D eigenvalue weighted by Gasteiger charge is -2.45. The van der Waals surface area contributed by atoms with E-state index in [2.05, 4.69) is 4.90 Å². The van der Waals surface area contributed by atoms with Gasteiger partial charge in [-0.05, 0) is 44.9 Å². The minimum atomic E-state index is -0.202.